The third-order valence-electron chi connectivity index (χ3n) is 5.83. The van der Waals surface area contributed by atoms with Crippen LogP contribution in [-0.2, 0) is 27.5 Å². The molecule has 0 fully saturated rings. The van der Waals surface area contributed by atoms with Gasteiger partial charge in [0, 0.05) is 41.8 Å². The highest BCUT2D eigenvalue weighted by atomic mass is 79.9. The van der Waals surface area contributed by atoms with Crippen molar-refractivity contribution in [1.29, 1.82) is 5.26 Å². The van der Waals surface area contributed by atoms with E-state index in [9.17, 15) is 20.2 Å². The first-order valence-electron chi connectivity index (χ1n) is 11.9. The number of nitriles is 1. The van der Waals surface area contributed by atoms with E-state index in [1.54, 1.807) is 43.3 Å². The zero-order chi connectivity index (χ0) is 28.8. The number of halogens is 1. The van der Waals surface area contributed by atoms with Crippen LogP contribution in [0.1, 0.15) is 34.9 Å². The lowest BCUT2D eigenvalue weighted by molar-refractivity contribution is -0.384. The number of benzene rings is 2. The quantitative estimate of drug-likeness (QED) is 0.237. The van der Waals surface area contributed by atoms with Gasteiger partial charge in [-0.2, -0.15) is 10.3 Å². The summed E-state index contributed by atoms with van der Waals surface area (Å²) in [6.07, 6.45) is -0.881. The van der Waals surface area contributed by atoms with Crippen LogP contribution in [0, 0.1) is 28.4 Å². The highest BCUT2D eigenvalue weighted by Crippen LogP contribution is 2.30. The second kappa shape index (κ2) is 12.5. The Bertz CT molecular complexity index is 1490. The van der Waals surface area contributed by atoms with Crippen LogP contribution < -0.4 is 9.47 Å². The number of hydrogen-bond acceptors (Lipinski definition) is 10. The Morgan fingerprint density at radius 2 is 1.88 bits per heavy atom. The molecule has 12 nitrogen and oxygen atoms in total. The maximum Gasteiger partial charge on any atom is 0.269 e. The highest BCUT2D eigenvalue weighted by molar-refractivity contribution is 9.10. The molecule has 0 saturated carbocycles. The molecule has 206 valence electrons. The van der Waals surface area contributed by atoms with E-state index in [1.807, 2.05) is 0 Å². The molecule has 0 N–H and O–H groups in total. The lowest BCUT2D eigenvalue weighted by Gasteiger charge is -2.20. The number of nitrogens with zero attached hydrogens (tertiary/aromatic N) is 5. The first-order chi connectivity index (χ1) is 19.2. The number of aryl methyl sites for hydroxylation is 1. The fourth-order valence-electron chi connectivity index (χ4n) is 3.81. The number of pyridine rings is 1. The van der Waals surface area contributed by atoms with E-state index in [-0.39, 0.29) is 48.8 Å². The smallest absolute Gasteiger partial charge is 0.269 e. The Morgan fingerprint density at radius 3 is 2.48 bits per heavy atom. The molecule has 13 heteroatoms. The van der Waals surface area contributed by atoms with Crippen molar-refractivity contribution >= 4 is 33.4 Å². The predicted molar refractivity (Wildman–Crippen MR) is 145 cm³/mol. The van der Waals surface area contributed by atoms with Crippen LogP contribution >= 0.6 is 15.9 Å². The van der Waals surface area contributed by atoms with E-state index >= 15 is 0 Å². The van der Waals surface area contributed by atoms with Gasteiger partial charge in [-0.25, -0.2) is 4.98 Å². The molecular formula is C27H24BrN5O7. The fourth-order valence-corrected chi connectivity index (χ4v) is 4.21. The zero-order valence-corrected chi connectivity index (χ0v) is 23.4. The summed E-state index contributed by atoms with van der Waals surface area (Å²) in [6.45, 7) is 3.41. The van der Waals surface area contributed by atoms with Gasteiger partial charge < -0.3 is 18.9 Å². The molecule has 2 aromatic carbocycles. The van der Waals surface area contributed by atoms with Gasteiger partial charge in [0.05, 0.1) is 17.2 Å². The van der Waals surface area contributed by atoms with Crippen LogP contribution in [0.25, 0.3) is 0 Å². The molecule has 3 aromatic rings. The summed E-state index contributed by atoms with van der Waals surface area (Å²) in [5.41, 5.74) is 2.84. The Hall–Kier alpha value is -4.54. The Balaban J connectivity index is 1.42. The van der Waals surface area contributed by atoms with Crippen LogP contribution in [0.2, 0.25) is 0 Å². The number of methoxy groups -OCH3 is 1. The largest absolute Gasteiger partial charge is 0.489 e. The van der Waals surface area contributed by atoms with Crippen LogP contribution in [0.5, 0.6) is 11.6 Å². The van der Waals surface area contributed by atoms with E-state index < -0.39 is 11.2 Å². The number of hydrazone groups is 1. The van der Waals surface area contributed by atoms with Gasteiger partial charge in [0.25, 0.3) is 5.69 Å². The highest BCUT2D eigenvalue weighted by Gasteiger charge is 2.33. The summed E-state index contributed by atoms with van der Waals surface area (Å²) in [5, 5.41) is 26.0. The Labute approximate surface area is 238 Å². The molecule has 0 saturated heterocycles. The van der Waals surface area contributed by atoms with E-state index in [0.717, 1.165) is 5.56 Å². The average molecular weight is 610 g/mol. The van der Waals surface area contributed by atoms with Crippen molar-refractivity contribution in [3.05, 3.63) is 91.1 Å². The topological polar surface area (TPSA) is 149 Å². The van der Waals surface area contributed by atoms with E-state index in [0.29, 0.717) is 27.0 Å². The number of nitro groups is 1. The zero-order valence-electron chi connectivity index (χ0n) is 21.8. The summed E-state index contributed by atoms with van der Waals surface area (Å²) in [7, 11) is 1.53. The number of carbonyl (C=O) groups excluding carboxylic acids is 1. The maximum absolute atomic E-state index is 12.3. The Morgan fingerprint density at radius 1 is 1.18 bits per heavy atom. The number of carbonyl (C=O) groups is 1. The van der Waals surface area contributed by atoms with Gasteiger partial charge in [0.15, 0.2) is 0 Å². The molecule has 1 amide bonds. The molecule has 0 aliphatic carbocycles. The Kier molecular flexibility index (Phi) is 8.93. The molecule has 1 aliphatic heterocycles. The van der Waals surface area contributed by atoms with Gasteiger partial charge in [-0.1, -0.05) is 0 Å². The van der Waals surface area contributed by atoms with Crippen LogP contribution in [0.15, 0.2) is 58.1 Å². The maximum atomic E-state index is 12.3. The average Bonchev–Trinajstić information content (AvgIpc) is 3.38. The van der Waals surface area contributed by atoms with Crippen molar-refractivity contribution in [2.24, 2.45) is 5.10 Å². The summed E-state index contributed by atoms with van der Waals surface area (Å²) >= 11 is 3.44. The summed E-state index contributed by atoms with van der Waals surface area (Å²) < 4.78 is 23.4. The van der Waals surface area contributed by atoms with Crippen molar-refractivity contribution in [2.45, 2.75) is 33.3 Å². The van der Waals surface area contributed by atoms with Gasteiger partial charge >= 0.3 is 0 Å². The number of hydrogen-bond donors (Lipinski definition) is 0. The first kappa shape index (κ1) is 28.5. The van der Waals surface area contributed by atoms with E-state index in [2.05, 4.69) is 32.1 Å². The van der Waals surface area contributed by atoms with Gasteiger partial charge in [0.1, 0.15) is 30.6 Å². The van der Waals surface area contributed by atoms with Crippen LogP contribution in [0.3, 0.4) is 0 Å². The van der Waals surface area contributed by atoms with Crippen molar-refractivity contribution in [3.8, 4) is 17.7 Å². The SMILES string of the molecule is COCc1c(Br)c(C)nc(OCC2OC(c3ccc(OCc4ccc([N+](=O)[O-])cc4)cc3)=NN2C(C)=O)c1C#N. The monoisotopic (exact) mass is 609 g/mol. The van der Waals surface area contributed by atoms with Gasteiger partial charge in [-0.05, 0) is 64.8 Å². The van der Waals surface area contributed by atoms with Crippen molar-refractivity contribution in [3.63, 3.8) is 0 Å². The number of non-ortho nitro benzene ring substituents is 1. The number of rotatable bonds is 10. The van der Waals surface area contributed by atoms with E-state index in [4.69, 9.17) is 18.9 Å². The summed E-state index contributed by atoms with van der Waals surface area (Å²) in [5.74, 6) is 0.528. The second-order valence-electron chi connectivity index (χ2n) is 8.60. The number of nitro benzene ring substituents is 1. The minimum atomic E-state index is -0.881. The van der Waals surface area contributed by atoms with Crippen molar-refractivity contribution in [2.75, 3.05) is 13.7 Å². The normalized spacial score (nSPS) is 14.2. The molecule has 1 aliphatic rings. The number of ether oxygens (including phenoxy) is 4. The molecule has 0 spiro atoms. The minimum absolute atomic E-state index is 0.0123. The molecule has 4 rings (SSSR count). The molecule has 0 bridgehead atoms. The summed E-state index contributed by atoms with van der Waals surface area (Å²) in [6, 6.07) is 15.1. The molecule has 1 aromatic heterocycles. The fraction of sp³-hybridized carbons (Fsp3) is 0.259. The second-order valence-corrected chi connectivity index (χ2v) is 9.40. The predicted octanol–water partition coefficient (Wildman–Crippen LogP) is 4.60. The van der Waals surface area contributed by atoms with Crippen LogP contribution in [0.4, 0.5) is 5.69 Å². The third-order valence-corrected chi connectivity index (χ3v) is 6.88. The minimum Gasteiger partial charge on any atom is -0.489 e. The lowest BCUT2D eigenvalue weighted by atomic mass is 10.1. The van der Waals surface area contributed by atoms with E-state index in [1.165, 1.54) is 31.2 Å². The first-order valence-corrected chi connectivity index (χ1v) is 12.7. The number of aromatic nitrogens is 1. The molecule has 2 heterocycles. The van der Waals surface area contributed by atoms with Gasteiger partial charge in [-0.15, -0.1) is 5.10 Å². The van der Waals surface area contributed by atoms with Gasteiger partial charge in [0.2, 0.25) is 23.9 Å². The van der Waals surface area contributed by atoms with Crippen molar-refractivity contribution < 1.29 is 28.7 Å². The standard InChI is InChI=1S/C27H24BrN5O7/c1-16-25(28)23(14-37-3)22(12-29)27(30-16)39-15-24-32(17(2)34)31-26(40-24)19-6-10-21(11-7-19)38-13-18-4-8-20(9-5-18)33(35)36/h4-11,24H,13-15H2,1-3H3. The summed E-state index contributed by atoms with van der Waals surface area (Å²) in [4.78, 5) is 27.0. The van der Waals surface area contributed by atoms with Gasteiger partial charge in [-0.3, -0.25) is 14.9 Å². The molecule has 1 atom stereocenters. The molecule has 0 radical (unpaired) electrons. The molecule has 1 unspecified atom stereocenters. The van der Waals surface area contributed by atoms with Crippen LogP contribution in [-0.4, -0.2) is 46.7 Å². The van der Waals surface area contributed by atoms with Crippen molar-refractivity contribution in [1.82, 2.24) is 9.99 Å². The lowest BCUT2D eigenvalue weighted by Crippen LogP contribution is -2.37. The molecule has 40 heavy (non-hydrogen) atoms. The number of amides is 1. The molecular weight excluding hydrogens is 586 g/mol. The third kappa shape index (κ3) is 6.36.